The lowest BCUT2D eigenvalue weighted by molar-refractivity contribution is -0.159. The minimum atomic E-state index is -0.230. The van der Waals surface area contributed by atoms with Crippen molar-refractivity contribution in [2.45, 2.75) is 64.9 Å². The maximum atomic E-state index is 12.2. The molecule has 2 aliphatic carbocycles. The summed E-state index contributed by atoms with van der Waals surface area (Å²) >= 11 is 0. The number of amides is 1. The van der Waals surface area contributed by atoms with Crippen molar-refractivity contribution in [1.29, 1.82) is 0 Å². The van der Waals surface area contributed by atoms with E-state index in [1.165, 1.54) is 6.42 Å². The predicted octanol–water partition coefficient (Wildman–Crippen LogP) is 2.65. The van der Waals surface area contributed by atoms with Crippen molar-refractivity contribution in [3.8, 4) is 0 Å². The third-order valence-electron chi connectivity index (χ3n) is 4.88. The van der Waals surface area contributed by atoms with Crippen LogP contribution in [0.5, 0.6) is 0 Å². The molecule has 4 nitrogen and oxygen atoms in total. The van der Waals surface area contributed by atoms with Gasteiger partial charge in [-0.2, -0.15) is 0 Å². The highest BCUT2D eigenvalue weighted by molar-refractivity contribution is 5.77. The van der Waals surface area contributed by atoms with Crippen LogP contribution in [0.1, 0.15) is 58.8 Å². The molecule has 0 heterocycles. The maximum Gasteiger partial charge on any atom is 0.309 e. The normalized spacial score (nSPS) is 38.2. The van der Waals surface area contributed by atoms with E-state index in [-0.39, 0.29) is 29.8 Å². The molecule has 2 rings (SSSR count). The third-order valence-corrected chi connectivity index (χ3v) is 4.88. The minimum absolute atomic E-state index is 0.0295. The minimum Gasteiger partial charge on any atom is -0.462 e. The molecule has 0 aromatic carbocycles. The molecule has 0 spiro atoms. The van der Waals surface area contributed by atoms with Crippen LogP contribution >= 0.6 is 0 Å². The van der Waals surface area contributed by atoms with E-state index in [0.717, 1.165) is 38.5 Å². The van der Waals surface area contributed by atoms with Gasteiger partial charge in [-0.15, -0.1) is 0 Å². The molecule has 0 bridgehead atoms. The fraction of sp³-hybridized carbons (Fsp3) is 0.875. The van der Waals surface area contributed by atoms with Crippen molar-refractivity contribution in [2.24, 2.45) is 29.4 Å². The Morgan fingerprint density at radius 2 is 1.40 bits per heavy atom. The van der Waals surface area contributed by atoms with Crippen LogP contribution in [0.25, 0.3) is 0 Å². The van der Waals surface area contributed by atoms with Crippen LogP contribution in [0.4, 0.5) is 0 Å². The number of carbonyl (C=O) groups excluding carboxylic acids is 2. The molecule has 0 aromatic heterocycles. The summed E-state index contributed by atoms with van der Waals surface area (Å²) in [5.41, 5.74) is 5.31. The van der Waals surface area contributed by atoms with E-state index in [9.17, 15) is 9.59 Å². The first-order valence-electron chi connectivity index (χ1n) is 7.95. The van der Waals surface area contributed by atoms with Crippen molar-refractivity contribution in [1.82, 2.24) is 0 Å². The Balaban J connectivity index is 1.79. The Hall–Kier alpha value is -1.06. The Labute approximate surface area is 121 Å². The summed E-state index contributed by atoms with van der Waals surface area (Å²) in [7, 11) is 0. The smallest absolute Gasteiger partial charge is 0.309 e. The zero-order valence-corrected chi connectivity index (χ0v) is 12.6. The van der Waals surface area contributed by atoms with E-state index in [2.05, 4.69) is 13.8 Å². The van der Waals surface area contributed by atoms with Gasteiger partial charge in [0, 0.05) is 5.92 Å². The summed E-state index contributed by atoms with van der Waals surface area (Å²) in [5, 5.41) is 0. The van der Waals surface area contributed by atoms with Gasteiger partial charge in [0.25, 0.3) is 0 Å². The highest BCUT2D eigenvalue weighted by Crippen LogP contribution is 2.33. The van der Waals surface area contributed by atoms with E-state index in [4.69, 9.17) is 10.5 Å². The van der Waals surface area contributed by atoms with E-state index in [1.54, 1.807) is 0 Å². The monoisotopic (exact) mass is 281 g/mol. The summed E-state index contributed by atoms with van der Waals surface area (Å²) < 4.78 is 5.71. The quantitative estimate of drug-likeness (QED) is 0.808. The van der Waals surface area contributed by atoms with Gasteiger partial charge in [-0.05, 0) is 56.8 Å². The van der Waals surface area contributed by atoms with Crippen molar-refractivity contribution in [3.05, 3.63) is 0 Å². The molecule has 2 N–H and O–H groups in total. The number of primary amides is 1. The molecule has 4 heteroatoms. The molecular formula is C16H27NO3. The molecule has 1 amide bonds. The summed E-state index contributed by atoms with van der Waals surface area (Å²) in [5.74, 6) is 0.919. The molecule has 0 saturated heterocycles. The predicted molar refractivity (Wildman–Crippen MR) is 76.7 cm³/mol. The van der Waals surface area contributed by atoms with Gasteiger partial charge in [0.15, 0.2) is 0 Å². The van der Waals surface area contributed by atoms with E-state index < -0.39 is 0 Å². The van der Waals surface area contributed by atoms with Gasteiger partial charge in [-0.3, -0.25) is 9.59 Å². The lowest BCUT2D eigenvalue weighted by atomic mass is 9.80. The van der Waals surface area contributed by atoms with Crippen LogP contribution in [0.2, 0.25) is 0 Å². The number of nitrogens with two attached hydrogens (primary N) is 1. The Bertz CT molecular complexity index is 351. The number of hydrogen-bond donors (Lipinski definition) is 1. The molecule has 2 atom stereocenters. The Kier molecular flexibility index (Phi) is 5.06. The van der Waals surface area contributed by atoms with E-state index >= 15 is 0 Å². The van der Waals surface area contributed by atoms with Crippen molar-refractivity contribution >= 4 is 11.9 Å². The average molecular weight is 281 g/mol. The fourth-order valence-corrected chi connectivity index (χ4v) is 3.84. The Morgan fingerprint density at radius 1 is 0.900 bits per heavy atom. The first-order chi connectivity index (χ1) is 9.45. The lowest BCUT2D eigenvalue weighted by Gasteiger charge is -2.33. The first kappa shape index (κ1) is 15.3. The summed E-state index contributed by atoms with van der Waals surface area (Å²) in [6.07, 6.45) is 6.25. The Morgan fingerprint density at radius 3 is 1.90 bits per heavy atom. The summed E-state index contributed by atoms with van der Waals surface area (Å²) in [6, 6.07) is 0. The highest BCUT2D eigenvalue weighted by Gasteiger charge is 2.32. The van der Waals surface area contributed by atoms with Crippen LogP contribution < -0.4 is 5.73 Å². The van der Waals surface area contributed by atoms with Gasteiger partial charge in [0.1, 0.15) is 6.10 Å². The maximum absolute atomic E-state index is 12.2. The molecule has 0 aromatic rings. The molecule has 0 radical (unpaired) electrons. The fourth-order valence-electron chi connectivity index (χ4n) is 3.84. The van der Waals surface area contributed by atoms with Gasteiger partial charge in [0.2, 0.25) is 5.91 Å². The van der Waals surface area contributed by atoms with Crippen LogP contribution in [-0.4, -0.2) is 18.0 Å². The second-order valence-corrected chi connectivity index (χ2v) is 6.93. The van der Waals surface area contributed by atoms with Crippen LogP contribution in [0, 0.1) is 23.7 Å². The number of esters is 1. The molecule has 2 fully saturated rings. The molecule has 114 valence electrons. The average Bonchev–Trinajstić information content (AvgIpc) is 2.37. The molecule has 0 unspecified atom stereocenters. The van der Waals surface area contributed by atoms with Gasteiger partial charge in [-0.1, -0.05) is 13.8 Å². The topological polar surface area (TPSA) is 69.4 Å². The summed E-state index contributed by atoms with van der Waals surface area (Å²) in [4.78, 5) is 23.3. The second-order valence-electron chi connectivity index (χ2n) is 6.93. The van der Waals surface area contributed by atoms with Gasteiger partial charge in [0.05, 0.1) is 5.92 Å². The van der Waals surface area contributed by atoms with Gasteiger partial charge in [-0.25, -0.2) is 0 Å². The van der Waals surface area contributed by atoms with Crippen LogP contribution in [-0.2, 0) is 14.3 Å². The lowest BCUT2D eigenvalue weighted by Crippen LogP contribution is -2.34. The van der Waals surface area contributed by atoms with Crippen LogP contribution in [0.15, 0.2) is 0 Å². The highest BCUT2D eigenvalue weighted by atomic mass is 16.5. The zero-order chi connectivity index (χ0) is 14.7. The standard InChI is InChI=1S/C16H27NO3/c1-10-7-11(2)9-14(8-10)20-16(19)13-5-3-12(4-6-13)15(17)18/h10-14H,3-9H2,1-2H3,(H2,17,18)/t10-,11-,12?,13?/m1/s1. The number of carbonyl (C=O) groups is 2. The third kappa shape index (κ3) is 3.97. The molecule has 2 aliphatic rings. The number of rotatable bonds is 3. The van der Waals surface area contributed by atoms with Crippen molar-refractivity contribution in [2.75, 3.05) is 0 Å². The van der Waals surface area contributed by atoms with Gasteiger partial charge < -0.3 is 10.5 Å². The van der Waals surface area contributed by atoms with E-state index in [0.29, 0.717) is 11.8 Å². The van der Waals surface area contributed by atoms with Crippen molar-refractivity contribution in [3.63, 3.8) is 0 Å². The molecule has 20 heavy (non-hydrogen) atoms. The van der Waals surface area contributed by atoms with Crippen LogP contribution in [0.3, 0.4) is 0 Å². The molecular weight excluding hydrogens is 254 g/mol. The molecule has 2 saturated carbocycles. The van der Waals surface area contributed by atoms with E-state index in [1.807, 2.05) is 0 Å². The number of hydrogen-bond acceptors (Lipinski definition) is 3. The zero-order valence-electron chi connectivity index (χ0n) is 12.6. The van der Waals surface area contributed by atoms with Crippen molar-refractivity contribution < 1.29 is 14.3 Å². The largest absolute Gasteiger partial charge is 0.462 e. The first-order valence-corrected chi connectivity index (χ1v) is 7.95. The van der Waals surface area contributed by atoms with Gasteiger partial charge >= 0.3 is 5.97 Å². The second kappa shape index (κ2) is 6.59. The summed E-state index contributed by atoms with van der Waals surface area (Å²) in [6.45, 7) is 4.46. The number of ether oxygens (including phenoxy) is 1. The SMILES string of the molecule is C[C@H]1CC(OC(=O)C2CCC(C(N)=O)CC2)C[C@H](C)C1. The molecule has 0 aliphatic heterocycles.